The number of anilines is 1. The van der Waals surface area contributed by atoms with E-state index in [9.17, 15) is 14.4 Å². The van der Waals surface area contributed by atoms with Crippen LogP contribution in [-0.4, -0.2) is 43.1 Å². The lowest BCUT2D eigenvalue weighted by molar-refractivity contribution is -0.140. The van der Waals surface area contributed by atoms with E-state index < -0.39 is 12.0 Å². The average Bonchev–Trinajstić information content (AvgIpc) is 2.85. The van der Waals surface area contributed by atoms with E-state index in [0.29, 0.717) is 47.0 Å². The van der Waals surface area contributed by atoms with Crippen molar-refractivity contribution in [3.63, 3.8) is 0 Å². The van der Waals surface area contributed by atoms with Crippen molar-refractivity contribution in [1.29, 1.82) is 0 Å². The van der Waals surface area contributed by atoms with E-state index in [2.05, 4.69) is 10.6 Å². The van der Waals surface area contributed by atoms with Gasteiger partial charge in [0.15, 0.2) is 0 Å². The fourth-order valence-electron chi connectivity index (χ4n) is 3.84. The molecule has 1 heterocycles. The van der Waals surface area contributed by atoms with Gasteiger partial charge < -0.3 is 20.1 Å². The number of carbonyl (C=O) groups excluding carboxylic acids is 3. The summed E-state index contributed by atoms with van der Waals surface area (Å²) < 4.78 is 10.7. The van der Waals surface area contributed by atoms with Gasteiger partial charge in [0.2, 0.25) is 0 Å². The van der Waals surface area contributed by atoms with Crippen molar-refractivity contribution in [2.75, 3.05) is 25.6 Å². The third kappa shape index (κ3) is 6.20. The molecule has 2 aromatic carbocycles. The van der Waals surface area contributed by atoms with Crippen LogP contribution in [0.3, 0.4) is 0 Å². The van der Waals surface area contributed by atoms with E-state index in [1.165, 1.54) is 0 Å². The van der Waals surface area contributed by atoms with E-state index in [1.807, 2.05) is 20.8 Å². The summed E-state index contributed by atoms with van der Waals surface area (Å²) in [5.74, 6) is 0.0668. The number of nitrogens with one attached hydrogen (secondary N) is 2. The minimum absolute atomic E-state index is 0.190. The van der Waals surface area contributed by atoms with E-state index in [-0.39, 0.29) is 17.9 Å². The van der Waals surface area contributed by atoms with Gasteiger partial charge in [-0.05, 0) is 55.2 Å². The molecule has 0 aliphatic carbocycles. The Morgan fingerprint density at radius 3 is 2.49 bits per heavy atom. The molecule has 3 rings (SSSR count). The van der Waals surface area contributed by atoms with Crippen molar-refractivity contribution in [3.05, 3.63) is 70.9 Å². The number of esters is 1. The first kappa shape index (κ1) is 25.8. The number of hydrogen-bond acceptors (Lipinski definition) is 5. The molecule has 0 bridgehead atoms. The van der Waals surface area contributed by atoms with Gasteiger partial charge in [-0.2, -0.15) is 0 Å². The van der Waals surface area contributed by atoms with Gasteiger partial charge in [-0.1, -0.05) is 39.0 Å². The molecule has 1 unspecified atom stereocenters. The molecule has 0 aromatic heterocycles. The number of benzene rings is 2. The number of carbonyl (C=O) groups is 3. The number of amides is 3. The molecule has 0 radical (unpaired) electrons. The highest BCUT2D eigenvalue weighted by Crippen LogP contribution is 2.32. The Kier molecular flexibility index (Phi) is 8.52. The number of methoxy groups -OCH3 is 1. The van der Waals surface area contributed by atoms with Crippen molar-refractivity contribution in [3.8, 4) is 5.75 Å². The summed E-state index contributed by atoms with van der Waals surface area (Å²) in [5.41, 5.74) is 2.76. The number of nitrogens with zero attached hydrogens (tertiary/aromatic N) is 1. The summed E-state index contributed by atoms with van der Waals surface area (Å²) >= 11 is 0. The Labute approximate surface area is 206 Å². The number of rotatable bonds is 9. The van der Waals surface area contributed by atoms with E-state index >= 15 is 0 Å². The second-order valence-electron chi connectivity index (χ2n) is 8.83. The van der Waals surface area contributed by atoms with Gasteiger partial charge >= 0.3 is 12.0 Å². The molecule has 2 aromatic rings. The molecule has 0 saturated heterocycles. The first-order chi connectivity index (χ1) is 16.7. The molecular weight excluding hydrogens is 446 g/mol. The van der Waals surface area contributed by atoms with Crippen LogP contribution in [0.4, 0.5) is 10.5 Å². The largest absolute Gasteiger partial charge is 0.497 e. The Balaban J connectivity index is 1.85. The van der Waals surface area contributed by atoms with E-state index in [1.54, 1.807) is 67.5 Å². The Morgan fingerprint density at radius 2 is 1.86 bits per heavy atom. The SMILES string of the molecule is CCCN1C(=O)NC(c2ccc(NC(=O)c3cccc(OC)c3)cc2)C(C(=O)OCC(C)C)=C1C. The van der Waals surface area contributed by atoms with Gasteiger partial charge in [0.1, 0.15) is 5.75 Å². The summed E-state index contributed by atoms with van der Waals surface area (Å²) in [5, 5.41) is 5.80. The first-order valence-electron chi connectivity index (χ1n) is 11.8. The Bertz CT molecular complexity index is 1110. The normalized spacial score (nSPS) is 15.7. The predicted molar refractivity (Wildman–Crippen MR) is 134 cm³/mol. The van der Waals surface area contributed by atoms with Crippen LogP contribution in [0.25, 0.3) is 0 Å². The third-order valence-electron chi connectivity index (χ3n) is 5.65. The minimum atomic E-state index is -0.654. The Hall–Kier alpha value is -3.81. The molecule has 1 aliphatic rings. The van der Waals surface area contributed by atoms with Crippen LogP contribution in [0.2, 0.25) is 0 Å². The summed E-state index contributed by atoms with van der Waals surface area (Å²) in [4.78, 5) is 40.0. The monoisotopic (exact) mass is 479 g/mol. The molecule has 3 amide bonds. The number of hydrogen-bond donors (Lipinski definition) is 2. The molecule has 0 saturated carbocycles. The average molecular weight is 480 g/mol. The Morgan fingerprint density at radius 1 is 1.14 bits per heavy atom. The second-order valence-corrected chi connectivity index (χ2v) is 8.83. The molecule has 1 atom stereocenters. The first-order valence-corrected chi connectivity index (χ1v) is 11.8. The quantitative estimate of drug-likeness (QED) is 0.499. The van der Waals surface area contributed by atoms with Crippen molar-refractivity contribution in [2.24, 2.45) is 5.92 Å². The molecule has 0 spiro atoms. The number of allylic oxidation sites excluding steroid dienone is 1. The van der Waals surface area contributed by atoms with Crippen LogP contribution < -0.4 is 15.4 Å². The van der Waals surface area contributed by atoms with Crippen LogP contribution >= 0.6 is 0 Å². The molecule has 0 fully saturated rings. The smallest absolute Gasteiger partial charge is 0.338 e. The van der Waals surface area contributed by atoms with E-state index in [4.69, 9.17) is 9.47 Å². The molecule has 1 aliphatic heterocycles. The second kappa shape index (κ2) is 11.6. The number of urea groups is 1. The molecule has 186 valence electrons. The van der Waals surface area contributed by atoms with Crippen molar-refractivity contribution in [1.82, 2.24) is 10.2 Å². The summed E-state index contributed by atoms with van der Waals surface area (Å²) in [6.45, 7) is 8.48. The molecular formula is C27H33N3O5. The van der Waals surface area contributed by atoms with Gasteiger partial charge in [0, 0.05) is 23.5 Å². The maximum absolute atomic E-state index is 13.0. The van der Waals surface area contributed by atoms with Gasteiger partial charge in [-0.15, -0.1) is 0 Å². The molecule has 35 heavy (non-hydrogen) atoms. The van der Waals surface area contributed by atoms with Crippen LogP contribution in [0.5, 0.6) is 5.75 Å². The van der Waals surface area contributed by atoms with Crippen molar-refractivity contribution < 1.29 is 23.9 Å². The van der Waals surface area contributed by atoms with Crippen LogP contribution in [-0.2, 0) is 9.53 Å². The third-order valence-corrected chi connectivity index (χ3v) is 5.65. The van der Waals surface area contributed by atoms with E-state index in [0.717, 1.165) is 6.42 Å². The highest BCUT2D eigenvalue weighted by molar-refractivity contribution is 6.04. The summed E-state index contributed by atoms with van der Waals surface area (Å²) in [6, 6.07) is 13.0. The lowest BCUT2D eigenvalue weighted by atomic mass is 9.94. The maximum Gasteiger partial charge on any atom is 0.338 e. The van der Waals surface area contributed by atoms with Gasteiger partial charge in [-0.3, -0.25) is 9.69 Å². The highest BCUT2D eigenvalue weighted by atomic mass is 16.5. The lowest BCUT2D eigenvalue weighted by Crippen LogP contribution is -2.48. The zero-order chi connectivity index (χ0) is 25.5. The molecule has 8 heteroatoms. The van der Waals surface area contributed by atoms with Crippen molar-refractivity contribution >= 4 is 23.6 Å². The highest BCUT2D eigenvalue weighted by Gasteiger charge is 2.36. The van der Waals surface area contributed by atoms with Gasteiger partial charge in [0.25, 0.3) is 5.91 Å². The summed E-state index contributed by atoms with van der Waals surface area (Å²) in [6.07, 6.45) is 0.755. The zero-order valence-electron chi connectivity index (χ0n) is 20.9. The summed E-state index contributed by atoms with van der Waals surface area (Å²) in [7, 11) is 1.55. The lowest BCUT2D eigenvalue weighted by Gasteiger charge is -2.35. The topological polar surface area (TPSA) is 97.0 Å². The predicted octanol–water partition coefficient (Wildman–Crippen LogP) is 4.90. The maximum atomic E-state index is 13.0. The zero-order valence-corrected chi connectivity index (χ0v) is 20.9. The standard InChI is InChI=1S/C27H33N3O5/c1-6-14-30-18(4)23(26(32)35-16-17(2)3)24(29-27(30)33)19-10-12-21(13-11-19)28-25(31)20-8-7-9-22(15-20)34-5/h7-13,15,17,24H,6,14,16H2,1-5H3,(H,28,31)(H,29,33). The van der Waals surface area contributed by atoms with Crippen LogP contribution in [0.1, 0.15) is 56.1 Å². The molecule has 8 nitrogen and oxygen atoms in total. The minimum Gasteiger partial charge on any atom is -0.497 e. The fourth-order valence-corrected chi connectivity index (χ4v) is 3.84. The van der Waals surface area contributed by atoms with Crippen LogP contribution in [0, 0.1) is 5.92 Å². The van der Waals surface area contributed by atoms with Crippen molar-refractivity contribution in [2.45, 2.75) is 40.2 Å². The van der Waals surface area contributed by atoms with Gasteiger partial charge in [-0.25, -0.2) is 9.59 Å². The van der Waals surface area contributed by atoms with Crippen LogP contribution in [0.15, 0.2) is 59.8 Å². The fraction of sp³-hybridized carbons (Fsp3) is 0.370. The van der Waals surface area contributed by atoms with Gasteiger partial charge in [0.05, 0.1) is 25.3 Å². The number of ether oxygens (including phenoxy) is 2. The molecule has 2 N–H and O–H groups in total.